The molecule has 1 spiro atoms. The van der Waals surface area contributed by atoms with Gasteiger partial charge in [-0.2, -0.15) is 0 Å². The van der Waals surface area contributed by atoms with Crippen LogP contribution in [0.5, 0.6) is 0 Å². The Balaban J connectivity index is 0.000000200. The molecule has 0 amide bonds. The third-order valence-corrected chi connectivity index (χ3v) is 9.18. The first kappa shape index (κ1) is 33.4. The molecule has 9 heteroatoms. The van der Waals surface area contributed by atoms with Crippen molar-refractivity contribution < 1.29 is 19.1 Å². The van der Waals surface area contributed by atoms with E-state index in [1.807, 2.05) is 49.4 Å². The smallest absolute Gasteiger partial charge is 0.311 e. The molecule has 3 heterocycles. The van der Waals surface area contributed by atoms with Gasteiger partial charge in [0.05, 0.1) is 37.4 Å². The Morgan fingerprint density at radius 2 is 1.31 bits per heavy atom. The summed E-state index contributed by atoms with van der Waals surface area (Å²) in [5, 5.41) is 4.46. The molecule has 1 aliphatic heterocycles. The number of nitrogens with zero attached hydrogens (tertiary/aromatic N) is 4. The topological polar surface area (TPSA) is 84.9 Å². The fourth-order valence-electron chi connectivity index (χ4n) is 6.50. The van der Waals surface area contributed by atoms with Crippen molar-refractivity contribution in [3.05, 3.63) is 113 Å². The number of hydrogen-bond donors (Lipinski definition) is 0. The summed E-state index contributed by atoms with van der Waals surface area (Å²) in [5.41, 5.74) is 3.10. The fraction of sp³-hybridized carbons (Fsp3) is 0.333. The van der Waals surface area contributed by atoms with Gasteiger partial charge in [-0.05, 0) is 55.2 Å². The van der Waals surface area contributed by atoms with Gasteiger partial charge in [0, 0.05) is 42.5 Å². The summed E-state index contributed by atoms with van der Waals surface area (Å²) in [6, 6.07) is 30.6. The van der Waals surface area contributed by atoms with Crippen molar-refractivity contribution in [3.8, 4) is 0 Å². The number of esters is 2. The zero-order valence-electron chi connectivity index (χ0n) is 27.5. The Hall–Kier alpha value is -4.53. The largest absolute Gasteiger partial charge is 0.466 e. The average molecular weight is 665 g/mol. The first-order chi connectivity index (χ1) is 23.4. The molecule has 8 nitrogen and oxygen atoms in total. The maximum Gasteiger partial charge on any atom is 0.311 e. The standard InChI is InChI=1S/C26H29N3O2.C13H12ClNO2/c1-2-31-25(30)17-23-22-11-7-6-10-21(22)16-24(27-23)28-14-15-29(26(19-28)12-13-26)18-20-8-4-3-5-9-20;1-2-17-13(16)8-11-10-6-4-3-5-9(10)7-12(14)15-11/h3-11,16H,2,12-15,17-19H2,1H3;3-7H,2,8H2,1H3. The predicted octanol–water partition coefficient (Wildman–Crippen LogP) is 7.19. The van der Waals surface area contributed by atoms with Crippen molar-refractivity contribution in [2.45, 2.75) is 51.6 Å². The van der Waals surface area contributed by atoms with Gasteiger partial charge in [0.25, 0.3) is 0 Å². The van der Waals surface area contributed by atoms with E-state index in [1.165, 1.54) is 18.4 Å². The lowest BCUT2D eigenvalue weighted by Gasteiger charge is -2.43. The second-order valence-corrected chi connectivity index (χ2v) is 12.7. The van der Waals surface area contributed by atoms with E-state index < -0.39 is 0 Å². The summed E-state index contributed by atoms with van der Waals surface area (Å²) < 4.78 is 10.1. The Kier molecular flexibility index (Phi) is 10.5. The van der Waals surface area contributed by atoms with Crippen molar-refractivity contribution in [2.24, 2.45) is 0 Å². The number of carbonyl (C=O) groups excluding carboxylic acids is 2. The molecule has 5 aromatic rings. The Morgan fingerprint density at radius 3 is 1.92 bits per heavy atom. The first-order valence-electron chi connectivity index (χ1n) is 16.7. The molecule has 0 bridgehead atoms. The number of benzene rings is 3. The molecular formula is C39H41ClN4O4. The van der Waals surface area contributed by atoms with Crippen molar-refractivity contribution in [1.82, 2.24) is 14.9 Å². The Bertz CT molecular complexity index is 1900. The first-order valence-corrected chi connectivity index (χ1v) is 17.0. The normalized spacial score (nSPS) is 15.2. The Labute approximate surface area is 286 Å². The molecular weight excluding hydrogens is 624 g/mol. The van der Waals surface area contributed by atoms with Crippen molar-refractivity contribution >= 4 is 50.9 Å². The summed E-state index contributed by atoms with van der Waals surface area (Å²) in [4.78, 5) is 37.9. The second kappa shape index (κ2) is 15.1. The molecule has 0 N–H and O–H groups in total. The van der Waals surface area contributed by atoms with Gasteiger partial charge in [0.2, 0.25) is 0 Å². The highest BCUT2D eigenvalue weighted by atomic mass is 35.5. The molecule has 0 radical (unpaired) electrons. The van der Waals surface area contributed by atoms with Gasteiger partial charge in [-0.1, -0.05) is 90.5 Å². The molecule has 7 rings (SSSR count). The number of anilines is 1. The molecule has 2 aromatic heterocycles. The van der Waals surface area contributed by atoms with E-state index in [9.17, 15) is 9.59 Å². The third-order valence-electron chi connectivity index (χ3n) is 8.99. The highest BCUT2D eigenvalue weighted by Crippen LogP contribution is 2.45. The van der Waals surface area contributed by atoms with Gasteiger partial charge in [0.1, 0.15) is 11.0 Å². The predicted molar refractivity (Wildman–Crippen MR) is 190 cm³/mol. The summed E-state index contributed by atoms with van der Waals surface area (Å²) in [5.74, 6) is 0.472. The van der Waals surface area contributed by atoms with Crippen LogP contribution in [0.4, 0.5) is 5.82 Å². The minimum atomic E-state index is -0.285. The van der Waals surface area contributed by atoms with E-state index in [0.717, 1.165) is 59.2 Å². The lowest BCUT2D eigenvalue weighted by molar-refractivity contribution is -0.143. The van der Waals surface area contributed by atoms with E-state index >= 15 is 0 Å². The molecule has 0 unspecified atom stereocenters. The molecule has 1 saturated carbocycles. The lowest BCUT2D eigenvalue weighted by Crippen LogP contribution is -2.54. The van der Waals surface area contributed by atoms with Crippen LogP contribution in [0.1, 0.15) is 43.6 Å². The van der Waals surface area contributed by atoms with Gasteiger partial charge in [0.15, 0.2) is 0 Å². The van der Waals surface area contributed by atoms with Crippen molar-refractivity contribution in [2.75, 3.05) is 37.7 Å². The number of ether oxygens (including phenoxy) is 2. The quantitative estimate of drug-likeness (QED) is 0.121. The van der Waals surface area contributed by atoms with Crippen LogP contribution in [0.3, 0.4) is 0 Å². The van der Waals surface area contributed by atoms with Crippen LogP contribution in [0.15, 0.2) is 91.0 Å². The number of fused-ring (bicyclic) bond motifs is 2. The van der Waals surface area contributed by atoms with Crippen LogP contribution in [0, 0.1) is 0 Å². The number of pyridine rings is 2. The number of aromatic nitrogens is 2. The molecule has 2 aliphatic rings. The van der Waals surface area contributed by atoms with Gasteiger partial charge >= 0.3 is 11.9 Å². The maximum absolute atomic E-state index is 12.2. The van der Waals surface area contributed by atoms with E-state index in [0.29, 0.717) is 24.1 Å². The van der Waals surface area contributed by atoms with Crippen LogP contribution in [-0.4, -0.2) is 65.2 Å². The molecule has 1 saturated heterocycles. The van der Waals surface area contributed by atoms with Crippen molar-refractivity contribution in [3.63, 3.8) is 0 Å². The summed E-state index contributed by atoms with van der Waals surface area (Å²) in [6.45, 7) is 8.35. The number of rotatable bonds is 9. The van der Waals surface area contributed by atoms with Gasteiger partial charge in [-0.15, -0.1) is 0 Å². The van der Waals surface area contributed by atoms with E-state index in [2.05, 4.69) is 57.2 Å². The third kappa shape index (κ3) is 7.94. The van der Waals surface area contributed by atoms with Gasteiger partial charge in [-0.25, -0.2) is 9.97 Å². The van der Waals surface area contributed by atoms with E-state index in [1.54, 1.807) is 13.0 Å². The number of carbonyl (C=O) groups is 2. The lowest BCUT2D eigenvalue weighted by atomic mass is 10.1. The van der Waals surface area contributed by atoms with E-state index in [4.69, 9.17) is 26.1 Å². The minimum absolute atomic E-state index is 0.148. The molecule has 48 heavy (non-hydrogen) atoms. The number of hydrogen-bond acceptors (Lipinski definition) is 8. The average Bonchev–Trinajstić information content (AvgIpc) is 3.86. The van der Waals surface area contributed by atoms with Crippen LogP contribution >= 0.6 is 11.6 Å². The Morgan fingerprint density at radius 1 is 0.750 bits per heavy atom. The second-order valence-electron chi connectivity index (χ2n) is 12.3. The van der Waals surface area contributed by atoms with Gasteiger partial charge < -0.3 is 14.4 Å². The highest BCUT2D eigenvalue weighted by Gasteiger charge is 2.51. The SMILES string of the molecule is CCOC(=O)Cc1nc(Cl)cc2ccccc12.CCOC(=O)Cc1nc(N2CCN(Cc3ccccc3)C3(CC3)C2)cc2ccccc12. The van der Waals surface area contributed by atoms with Crippen molar-refractivity contribution in [1.29, 1.82) is 0 Å². The highest BCUT2D eigenvalue weighted by molar-refractivity contribution is 6.30. The van der Waals surface area contributed by atoms with Crippen LogP contribution in [0.2, 0.25) is 5.15 Å². The monoisotopic (exact) mass is 664 g/mol. The van der Waals surface area contributed by atoms with Crippen LogP contribution in [-0.2, 0) is 38.4 Å². The van der Waals surface area contributed by atoms with Crippen LogP contribution in [0.25, 0.3) is 21.5 Å². The number of piperazine rings is 1. The number of halogens is 1. The zero-order chi connectivity index (χ0) is 33.5. The van der Waals surface area contributed by atoms with E-state index in [-0.39, 0.29) is 30.3 Å². The molecule has 248 valence electrons. The summed E-state index contributed by atoms with van der Waals surface area (Å²) >= 11 is 5.92. The minimum Gasteiger partial charge on any atom is -0.466 e. The maximum atomic E-state index is 12.2. The summed E-state index contributed by atoms with van der Waals surface area (Å²) in [6.07, 6.45) is 2.83. The zero-order valence-corrected chi connectivity index (χ0v) is 28.3. The van der Waals surface area contributed by atoms with Crippen LogP contribution < -0.4 is 4.90 Å². The molecule has 3 aromatic carbocycles. The molecule has 2 fully saturated rings. The molecule has 1 aliphatic carbocycles. The molecule has 0 atom stereocenters. The van der Waals surface area contributed by atoms with Gasteiger partial charge in [-0.3, -0.25) is 14.5 Å². The summed E-state index contributed by atoms with van der Waals surface area (Å²) in [7, 11) is 0. The fourth-order valence-corrected chi connectivity index (χ4v) is 6.72.